The van der Waals surface area contributed by atoms with Gasteiger partial charge in [0.1, 0.15) is 0 Å². The van der Waals surface area contributed by atoms with E-state index in [1.54, 1.807) is 23.1 Å². The van der Waals surface area contributed by atoms with E-state index in [0.717, 1.165) is 0 Å². The minimum atomic E-state index is 0. The van der Waals surface area contributed by atoms with Crippen molar-refractivity contribution in [1.29, 1.82) is 0 Å². The van der Waals surface area contributed by atoms with Crippen molar-refractivity contribution in [3.05, 3.63) is 47.3 Å². The van der Waals surface area contributed by atoms with E-state index in [1.165, 1.54) is 14.0 Å². The first-order valence-electron chi connectivity index (χ1n) is 4.40. The van der Waals surface area contributed by atoms with Gasteiger partial charge in [0, 0.05) is 16.3 Å². The lowest BCUT2D eigenvalue weighted by molar-refractivity contribution is 1.11. The van der Waals surface area contributed by atoms with Crippen LogP contribution >= 0.6 is 35.5 Å². The summed E-state index contributed by atoms with van der Waals surface area (Å²) in [5.74, 6) is 0. The van der Waals surface area contributed by atoms with E-state index in [2.05, 4.69) is 36.4 Å². The molecule has 0 aliphatic rings. The Kier molecular flexibility index (Phi) is 5.19. The summed E-state index contributed by atoms with van der Waals surface area (Å²) in [7, 11) is 0. The molecule has 1 nitrogen and oxygen atoms in total. The molecule has 1 heterocycles. The van der Waals surface area contributed by atoms with Gasteiger partial charge < -0.3 is 5.73 Å². The highest BCUT2D eigenvalue weighted by atomic mass is 35.5. The molecule has 2 aromatic rings. The van der Waals surface area contributed by atoms with Crippen LogP contribution in [-0.4, -0.2) is 0 Å². The fraction of sp³-hybridized carbons (Fsp3) is 0.0909. The summed E-state index contributed by atoms with van der Waals surface area (Å²) in [6, 6.07) is 14.6. The number of rotatable bonds is 3. The Morgan fingerprint density at radius 2 is 1.80 bits per heavy atom. The summed E-state index contributed by atoms with van der Waals surface area (Å²) in [4.78, 5) is 2.52. The predicted molar refractivity (Wildman–Crippen MR) is 70.0 cm³/mol. The monoisotopic (exact) mass is 257 g/mol. The molecule has 0 radical (unpaired) electrons. The highest BCUT2D eigenvalue weighted by Crippen LogP contribution is 2.32. The van der Waals surface area contributed by atoms with E-state index in [0.29, 0.717) is 6.54 Å². The van der Waals surface area contributed by atoms with E-state index in [1.807, 2.05) is 6.07 Å². The summed E-state index contributed by atoms with van der Waals surface area (Å²) < 4.78 is 1.30. The third kappa shape index (κ3) is 3.54. The van der Waals surface area contributed by atoms with Gasteiger partial charge in [0.2, 0.25) is 0 Å². The minimum Gasteiger partial charge on any atom is -0.326 e. The van der Waals surface area contributed by atoms with E-state index >= 15 is 0 Å². The molecule has 15 heavy (non-hydrogen) atoms. The van der Waals surface area contributed by atoms with E-state index in [9.17, 15) is 0 Å². The van der Waals surface area contributed by atoms with Crippen molar-refractivity contribution < 1.29 is 0 Å². The van der Waals surface area contributed by atoms with Crippen molar-refractivity contribution in [2.45, 2.75) is 15.6 Å². The van der Waals surface area contributed by atoms with Gasteiger partial charge in [-0.2, -0.15) is 0 Å². The molecule has 0 saturated heterocycles. The van der Waals surface area contributed by atoms with Crippen LogP contribution in [0.2, 0.25) is 0 Å². The number of benzene rings is 1. The van der Waals surface area contributed by atoms with Crippen LogP contribution in [0.25, 0.3) is 0 Å². The number of hydrogen-bond donors (Lipinski definition) is 1. The molecule has 80 valence electrons. The molecule has 0 atom stereocenters. The first kappa shape index (κ1) is 12.6. The van der Waals surface area contributed by atoms with Crippen LogP contribution in [0.5, 0.6) is 0 Å². The lowest BCUT2D eigenvalue weighted by atomic mass is 10.4. The Morgan fingerprint density at radius 3 is 2.40 bits per heavy atom. The molecule has 0 saturated carbocycles. The van der Waals surface area contributed by atoms with Gasteiger partial charge in [-0.1, -0.05) is 30.0 Å². The van der Waals surface area contributed by atoms with Gasteiger partial charge >= 0.3 is 0 Å². The Bertz CT molecular complexity index is 400. The highest BCUT2D eigenvalue weighted by Gasteiger charge is 2.00. The second-order valence-corrected chi connectivity index (χ2v) is 5.38. The first-order valence-corrected chi connectivity index (χ1v) is 6.03. The molecule has 0 aliphatic heterocycles. The minimum absolute atomic E-state index is 0. The first-order chi connectivity index (χ1) is 6.88. The maximum absolute atomic E-state index is 5.56. The molecule has 0 amide bonds. The van der Waals surface area contributed by atoms with Crippen LogP contribution in [0.3, 0.4) is 0 Å². The normalized spacial score (nSPS) is 9.67. The molecule has 0 bridgehead atoms. The molecule has 0 unspecified atom stereocenters. The van der Waals surface area contributed by atoms with Gasteiger partial charge in [-0.3, -0.25) is 0 Å². The second kappa shape index (κ2) is 6.18. The van der Waals surface area contributed by atoms with Crippen molar-refractivity contribution in [3.63, 3.8) is 0 Å². The van der Waals surface area contributed by atoms with Gasteiger partial charge in [0.15, 0.2) is 0 Å². The van der Waals surface area contributed by atoms with Gasteiger partial charge in [0.25, 0.3) is 0 Å². The standard InChI is InChI=1S/C11H11NS2.ClH/c12-8-10-6-7-11(14-10)13-9-4-2-1-3-5-9;/h1-7H,8,12H2;1H. The van der Waals surface area contributed by atoms with Crippen LogP contribution in [0.1, 0.15) is 4.88 Å². The number of nitrogens with two attached hydrogens (primary N) is 1. The zero-order valence-electron chi connectivity index (χ0n) is 8.05. The van der Waals surface area contributed by atoms with E-state index in [4.69, 9.17) is 5.73 Å². The zero-order chi connectivity index (χ0) is 9.80. The Hall–Kier alpha value is -0.480. The SMILES string of the molecule is Cl.NCc1ccc(Sc2ccccc2)s1. The van der Waals surface area contributed by atoms with Crippen molar-refractivity contribution >= 4 is 35.5 Å². The van der Waals surface area contributed by atoms with Crippen molar-refractivity contribution in [3.8, 4) is 0 Å². The molecule has 1 aromatic heterocycles. The Labute approximate surface area is 104 Å². The average Bonchev–Trinajstić information content (AvgIpc) is 2.67. The largest absolute Gasteiger partial charge is 0.326 e. The summed E-state index contributed by atoms with van der Waals surface area (Å²) in [6.45, 7) is 0.639. The summed E-state index contributed by atoms with van der Waals surface area (Å²) in [6.07, 6.45) is 0. The predicted octanol–water partition coefficient (Wildman–Crippen LogP) is 3.78. The quantitative estimate of drug-likeness (QED) is 0.906. The van der Waals surface area contributed by atoms with Crippen LogP contribution < -0.4 is 5.73 Å². The summed E-state index contributed by atoms with van der Waals surface area (Å²) >= 11 is 3.55. The van der Waals surface area contributed by atoms with Crippen molar-refractivity contribution in [2.24, 2.45) is 5.73 Å². The van der Waals surface area contributed by atoms with Crippen LogP contribution in [0.15, 0.2) is 51.6 Å². The molecule has 0 aliphatic carbocycles. The molecule has 1 aromatic carbocycles. The lowest BCUT2D eigenvalue weighted by Gasteiger charge is -1.96. The van der Waals surface area contributed by atoms with Crippen molar-refractivity contribution in [1.82, 2.24) is 0 Å². The Morgan fingerprint density at radius 1 is 1.07 bits per heavy atom. The van der Waals surface area contributed by atoms with Crippen LogP contribution in [0.4, 0.5) is 0 Å². The fourth-order valence-corrected chi connectivity index (χ4v) is 3.18. The highest BCUT2D eigenvalue weighted by molar-refractivity contribution is 8.01. The number of hydrogen-bond acceptors (Lipinski definition) is 3. The zero-order valence-corrected chi connectivity index (χ0v) is 10.5. The van der Waals surface area contributed by atoms with Gasteiger partial charge in [0.05, 0.1) is 4.21 Å². The molecular weight excluding hydrogens is 246 g/mol. The number of thiophene rings is 1. The third-order valence-corrected chi connectivity index (χ3v) is 4.05. The van der Waals surface area contributed by atoms with Crippen molar-refractivity contribution in [2.75, 3.05) is 0 Å². The van der Waals surface area contributed by atoms with Crippen LogP contribution in [0, 0.1) is 0 Å². The fourth-order valence-electron chi connectivity index (χ4n) is 1.13. The van der Waals surface area contributed by atoms with E-state index < -0.39 is 0 Å². The summed E-state index contributed by atoms with van der Waals surface area (Å²) in [5.41, 5.74) is 5.56. The maximum atomic E-state index is 5.56. The molecule has 0 fully saturated rings. The van der Waals surface area contributed by atoms with Crippen LogP contribution in [-0.2, 0) is 6.54 Å². The maximum Gasteiger partial charge on any atom is 0.0649 e. The molecule has 2 N–H and O–H groups in total. The molecular formula is C11H12ClNS2. The van der Waals surface area contributed by atoms with Gasteiger partial charge in [-0.05, 0) is 24.3 Å². The van der Waals surface area contributed by atoms with Gasteiger partial charge in [-0.15, -0.1) is 23.7 Å². The molecule has 0 spiro atoms. The third-order valence-electron chi connectivity index (χ3n) is 1.80. The molecule has 4 heteroatoms. The topological polar surface area (TPSA) is 26.0 Å². The lowest BCUT2D eigenvalue weighted by Crippen LogP contribution is -1.90. The number of halogens is 1. The smallest absolute Gasteiger partial charge is 0.0649 e. The van der Waals surface area contributed by atoms with E-state index in [-0.39, 0.29) is 12.4 Å². The molecule has 2 rings (SSSR count). The second-order valence-electron chi connectivity index (χ2n) is 2.84. The van der Waals surface area contributed by atoms with Gasteiger partial charge in [-0.25, -0.2) is 0 Å². The Balaban J connectivity index is 0.00000112. The summed E-state index contributed by atoms with van der Waals surface area (Å²) in [5, 5.41) is 0. The average molecular weight is 258 g/mol.